The molecule has 32 heavy (non-hydrogen) atoms. The third-order valence-corrected chi connectivity index (χ3v) is 6.61. The second-order valence-corrected chi connectivity index (χ2v) is 8.67. The lowest BCUT2D eigenvalue weighted by atomic mass is 10.2. The number of hydrogen-bond donors (Lipinski definition) is 1. The van der Waals surface area contributed by atoms with E-state index in [0.29, 0.717) is 13.1 Å². The second-order valence-electron chi connectivity index (χ2n) is 6.73. The Balaban J connectivity index is 2.05. The van der Waals surface area contributed by atoms with E-state index in [1.54, 1.807) is 13.8 Å². The van der Waals surface area contributed by atoms with Crippen LogP contribution in [0.15, 0.2) is 53.4 Å². The van der Waals surface area contributed by atoms with E-state index in [1.807, 2.05) is 0 Å². The highest BCUT2D eigenvalue weighted by Gasteiger charge is 2.30. The molecule has 0 saturated heterocycles. The molecule has 1 amide bonds. The molecule has 2 rings (SSSR count). The second kappa shape index (κ2) is 10.1. The Hall–Kier alpha value is -2.92. The summed E-state index contributed by atoms with van der Waals surface area (Å²) in [5, 5.41) is 2.26. The average Bonchev–Trinajstić information content (AvgIpc) is 2.74. The van der Waals surface area contributed by atoms with Crippen LogP contribution in [0.2, 0.25) is 0 Å². The molecule has 1 N–H and O–H groups in total. The van der Waals surface area contributed by atoms with Gasteiger partial charge in [0, 0.05) is 18.8 Å². The molecule has 0 aliphatic heterocycles. The molecule has 0 bridgehead atoms. The summed E-state index contributed by atoms with van der Waals surface area (Å²) in [7, 11) is -3.69. The highest BCUT2D eigenvalue weighted by Crippen LogP contribution is 2.30. The molecule has 1 unspecified atom stereocenters. The Morgan fingerprint density at radius 3 is 2.19 bits per heavy atom. The fourth-order valence-corrected chi connectivity index (χ4v) is 4.23. The number of amides is 1. The van der Waals surface area contributed by atoms with E-state index in [4.69, 9.17) is 4.74 Å². The number of hydrogen-bond acceptors (Lipinski definition) is 5. The summed E-state index contributed by atoms with van der Waals surface area (Å²) >= 11 is 0. The number of alkyl halides is 3. The van der Waals surface area contributed by atoms with E-state index in [0.717, 1.165) is 18.2 Å². The van der Waals surface area contributed by atoms with Gasteiger partial charge >= 0.3 is 12.1 Å². The van der Waals surface area contributed by atoms with Crippen LogP contribution in [0.4, 0.5) is 18.9 Å². The summed E-state index contributed by atoms with van der Waals surface area (Å²) in [6, 6.07) is 9.09. The van der Waals surface area contributed by atoms with Crippen molar-refractivity contribution in [3.8, 4) is 0 Å². The molecule has 2 aromatic rings. The maximum absolute atomic E-state index is 12.8. The fourth-order valence-electron chi connectivity index (χ4n) is 2.77. The molecule has 11 heteroatoms. The number of nitrogens with one attached hydrogen (secondary N) is 1. The van der Waals surface area contributed by atoms with Gasteiger partial charge in [-0.1, -0.05) is 19.9 Å². The standard InChI is InChI=1S/C21H23F3N2O5S/c1-4-26(5-2)32(29,30)18-11-9-15(10-12-18)20(28)31-14(3)19(27)25-17-8-6-7-16(13-17)21(22,23)24/h6-14H,4-5H2,1-3H3,(H,25,27). The Morgan fingerprint density at radius 1 is 1.06 bits per heavy atom. The van der Waals surface area contributed by atoms with Gasteiger partial charge in [0.2, 0.25) is 10.0 Å². The number of halogens is 3. The number of carbonyl (C=O) groups is 2. The summed E-state index contributed by atoms with van der Waals surface area (Å²) in [4.78, 5) is 24.5. The summed E-state index contributed by atoms with van der Waals surface area (Å²) in [5.74, 6) is -1.71. The average molecular weight is 472 g/mol. The maximum atomic E-state index is 12.8. The third-order valence-electron chi connectivity index (χ3n) is 4.54. The molecular weight excluding hydrogens is 449 g/mol. The predicted molar refractivity (Wildman–Crippen MR) is 112 cm³/mol. The predicted octanol–water partition coefficient (Wildman–Crippen LogP) is 3.92. The van der Waals surface area contributed by atoms with Crippen LogP contribution >= 0.6 is 0 Å². The zero-order chi connectivity index (χ0) is 24.1. The number of sulfonamides is 1. The summed E-state index contributed by atoms with van der Waals surface area (Å²) in [5.41, 5.74) is -1.01. The molecule has 7 nitrogen and oxygen atoms in total. The molecule has 0 fully saturated rings. The topological polar surface area (TPSA) is 92.8 Å². The normalized spacial score (nSPS) is 13.0. The first-order chi connectivity index (χ1) is 14.9. The molecule has 0 saturated carbocycles. The van der Waals surface area contributed by atoms with Crippen LogP contribution < -0.4 is 5.32 Å². The van der Waals surface area contributed by atoms with Crippen LogP contribution in [-0.2, 0) is 25.7 Å². The number of benzene rings is 2. The number of anilines is 1. The van der Waals surface area contributed by atoms with Crippen molar-refractivity contribution in [1.82, 2.24) is 4.31 Å². The smallest absolute Gasteiger partial charge is 0.416 e. The summed E-state index contributed by atoms with van der Waals surface area (Å²) < 4.78 is 69.7. The van der Waals surface area contributed by atoms with Gasteiger partial charge in [-0.2, -0.15) is 17.5 Å². The Labute approximate surface area is 184 Å². The van der Waals surface area contributed by atoms with Crippen molar-refractivity contribution in [3.05, 3.63) is 59.7 Å². The molecule has 0 heterocycles. The van der Waals surface area contributed by atoms with E-state index in [-0.39, 0.29) is 16.1 Å². The lowest BCUT2D eigenvalue weighted by Gasteiger charge is -2.18. The number of rotatable bonds is 8. The SMILES string of the molecule is CCN(CC)S(=O)(=O)c1ccc(C(=O)OC(C)C(=O)Nc2cccc(C(F)(F)F)c2)cc1. The van der Waals surface area contributed by atoms with Gasteiger partial charge < -0.3 is 10.1 Å². The Morgan fingerprint density at radius 2 is 1.66 bits per heavy atom. The van der Waals surface area contributed by atoms with Crippen molar-refractivity contribution in [3.63, 3.8) is 0 Å². The van der Waals surface area contributed by atoms with Crippen molar-refractivity contribution in [1.29, 1.82) is 0 Å². The zero-order valence-corrected chi connectivity index (χ0v) is 18.5. The van der Waals surface area contributed by atoms with Gasteiger partial charge in [0.05, 0.1) is 16.0 Å². The van der Waals surface area contributed by atoms with Crippen molar-refractivity contribution in [2.75, 3.05) is 18.4 Å². The Bertz CT molecular complexity index is 1070. The van der Waals surface area contributed by atoms with Crippen LogP contribution in [0.5, 0.6) is 0 Å². The van der Waals surface area contributed by atoms with Crippen molar-refractivity contribution in [2.24, 2.45) is 0 Å². The van der Waals surface area contributed by atoms with Crippen LogP contribution in [0.1, 0.15) is 36.7 Å². The van der Waals surface area contributed by atoms with Crippen molar-refractivity contribution >= 4 is 27.6 Å². The van der Waals surface area contributed by atoms with E-state index in [2.05, 4.69) is 5.32 Å². The van der Waals surface area contributed by atoms with Gasteiger partial charge in [-0.15, -0.1) is 0 Å². The van der Waals surface area contributed by atoms with Crippen LogP contribution in [0, 0.1) is 0 Å². The van der Waals surface area contributed by atoms with Gasteiger partial charge in [0.15, 0.2) is 6.10 Å². The minimum Gasteiger partial charge on any atom is -0.449 e. The molecular formula is C21H23F3N2O5S. The zero-order valence-electron chi connectivity index (χ0n) is 17.6. The van der Waals surface area contributed by atoms with Crippen LogP contribution in [0.3, 0.4) is 0 Å². The maximum Gasteiger partial charge on any atom is 0.416 e. The molecule has 174 valence electrons. The molecule has 1 atom stereocenters. The minimum absolute atomic E-state index is 0.00749. The lowest BCUT2D eigenvalue weighted by molar-refractivity contribution is -0.137. The molecule has 2 aromatic carbocycles. The fraction of sp³-hybridized carbons (Fsp3) is 0.333. The monoisotopic (exact) mass is 472 g/mol. The van der Waals surface area contributed by atoms with Crippen LogP contribution in [-0.4, -0.2) is 43.8 Å². The van der Waals surface area contributed by atoms with Crippen molar-refractivity contribution < 1.29 is 35.9 Å². The van der Waals surface area contributed by atoms with Gasteiger partial charge in [-0.25, -0.2) is 13.2 Å². The number of esters is 1. The lowest BCUT2D eigenvalue weighted by Crippen LogP contribution is -2.31. The van der Waals surface area contributed by atoms with Gasteiger partial charge in [-0.3, -0.25) is 4.79 Å². The third kappa shape index (κ3) is 6.07. The van der Waals surface area contributed by atoms with Crippen molar-refractivity contribution in [2.45, 2.75) is 37.9 Å². The van der Waals surface area contributed by atoms with Gasteiger partial charge in [0.1, 0.15) is 0 Å². The molecule has 0 spiro atoms. The number of carbonyl (C=O) groups excluding carboxylic acids is 2. The quantitative estimate of drug-likeness (QED) is 0.588. The highest BCUT2D eigenvalue weighted by molar-refractivity contribution is 7.89. The summed E-state index contributed by atoms with van der Waals surface area (Å²) in [6.45, 7) is 5.26. The van der Waals surface area contributed by atoms with E-state index < -0.39 is 39.7 Å². The first-order valence-corrected chi connectivity index (χ1v) is 11.1. The van der Waals surface area contributed by atoms with E-state index in [1.165, 1.54) is 41.6 Å². The minimum atomic E-state index is -4.57. The van der Waals surface area contributed by atoms with Gasteiger partial charge in [0.25, 0.3) is 5.91 Å². The summed E-state index contributed by atoms with van der Waals surface area (Å²) in [6.07, 6.45) is -5.87. The van der Waals surface area contributed by atoms with E-state index in [9.17, 15) is 31.2 Å². The van der Waals surface area contributed by atoms with Gasteiger partial charge in [-0.05, 0) is 49.4 Å². The molecule has 0 radical (unpaired) electrons. The highest BCUT2D eigenvalue weighted by atomic mass is 32.2. The first-order valence-electron chi connectivity index (χ1n) is 9.69. The molecule has 0 aliphatic rings. The number of ether oxygens (including phenoxy) is 1. The largest absolute Gasteiger partial charge is 0.449 e. The molecule has 0 aromatic heterocycles. The first kappa shape index (κ1) is 25.3. The Kier molecular flexibility index (Phi) is 8.02. The van der Waals surface area contributed by atoms with E-state index >= 15 is 0 Å². The molecule has 0 aliphatic carbocycles. The van der Waals surface area contributed by atoms with Crippen LogP contribution in [0.25, 0.3) is 0 Å². The number of nitrogens with zero attached hydrogens (tertiary/aromatic N) is 1.